The Balaban J connectivity index is 0.000000191. The number of benzene rings is 4. The molecule has 49 heavy (non-hydrogen) atoms. The molecule has 2 heterocycles. The topological polar surface area (TPSA) is 104 Å². The van der Waals surface area contributed by atoms with E-state index in [1.807, 2.05) is 24.3 Å². The summed E-state index contributed by atoms with van der Waals surface area (Å²) in [5.41, 5.74) is 1.86. The van der Waals surface area contributed by atoms with E-state index in [1.54, 1.807) is 94.6 Å². The third-order valence-corrected chi connectivity index (χ3v) is 10.5. The molecule has 6 rings (SSSR count). The second kappa shape index (κ2) is 13.7. The molecule has 1 unspecified atom stereocenters. The number of ether oxygens (including phenoxy) is 2. The van der Waals surface area contributed by atoms with Gasteiger partial charge in [0.05, 0.1) is 16.0 Å². The summed E-state index contributed by atoms with van der Waals surface area (Å²) >= 11 is 12.1. The van der Waals surface area contributed by atoms with Gasteiger partial charge in [0.1, 0.15) is 11.5 Å². The van der Waals surface area contributed by atoms with Crippen LogP contribution in [0.2, 0.25) is 10.0 Å². The zero-order chi connectivity index (χ0) is 35.9. The number of carbonyl (C=O) groups is 2. The molecule has 254 valence electrons. The van der Waals surface area contributed by atoms with E-state index in [2.05, 4.69) is 0 Å². The monoisotopic (exact) mass is 736 g/mol. The molecular weight excluding hydrogens is 703 g/mol. The van der Waals surface area contributed by atoms with Crippen molar-refractivity contribution in [3.63, 3.8) is 0 Å². The minimum absolute atomic E-state index is 0.0806. The second-order valence-corrected chi connectivity index (χ2v) is 16.9. The van der Waals surface area contributed by atoms with Gasteiger partial charge in [-0.15, -0.1) is 0 Å². The Kier molecular flexibility index (Phi) is 10.1. The molecule has 0 N–H and O–H groups in total. The van der Waals surface area contributed by atoms with Crippen molar-refractivity contribution >= 4 is 78.1 Å². The van der Waals surface area contributed by atoms with Gasteiger partial charge >= 0.3 is 0 Å². The second-order valence-electron chi connectivity index (χ2n) is 12.6. The average Bonchev–Trinajstić information content (AvgIpc) is 3.43. The lowest BCUT2D eigenvalue weighted by Gasteiger charge is -2.17. The predicted molar refractivity (Wildman–Crippen MR) is 195 cm³/mol. The third kappa shape index (κ3) is 7.75. The van der Waals surface area contributed by atoms with Gasteiger partial charge in [-0.05, 0) is 99.5 Å². The smallest absolute Gasteiger partial charge is 0.210 e. The number of ketones is 2. The zero-order valence-electron chi connectivity index (χ0n) is 27.7. The van der Waals surface area contributed by atoms with E-state index in [4.69, 9.17) is 32.7 Å². The lowest BCUT2D eigenvalue weighted by atomic mass is 9.93. The number of rotatable bonds is 6. The van der Waals surface area contributed by atoms with Crippen molar-refractivity contribution in [2.75, 3.05) is 12.5 Å². The first-order chi connectivity index (χ1) is 22.9. The van der Waals surface area contributed by atoms with Gasteiger partial charge < -0.3 is 9.47 Å². The average molecular weight is 738 g/mol. The van der Waals surface area contributed by atoms with Crippen molar-refractivity contribution in [1.29, 1.82) is 0 Å². The molecule has 0 aliphatic carbocycles. The number of carbonyl (C=O) groups excluding carboxylic acids is 2. The Morgan fingerprint density at radius 1 is 0.612 bits per heavy atom. The van der Waals surface area contributed by atoms with Crippen LogP contribution < -0.4 is 0 Å². The lowest BCUT2D eigenvalue weighted by molar-refractivity contribution is -0.125. The maximum Gasteiger partial charge on any atom is 0.210 e. The number of Topliss-reactive ketones (excluding diaryl/α,β-unsaturated/α-hetero) is 2. The molecular formula is C38H34Cl2O7S2. The molecule has 0 fully saturated rings. The summed E-state index contributed by atoms with van der Waals surface area (Å²) < 4.78 is 46.7. The van der Waals surface area contributed by atoms with E-state index in [1.165, 1.54) is 12.1 Å². The highest BCUT2D eigenvalue weighted by atomic mass is 35.5. The number of hydrogen-bond donors (Lipinski definition) is 0. The summed E-state index contributed by atoms with van der Waals surface area (Å²) in [5.74, 6) is 0.734. The number of halogens is 2. The van der Waals surface area contributed by atoms with Crippen LogP contribution in [-0.4, -0.2) is 47.9 Å². The van der Waals surface area contributed by atoms with E-state index in [-0.39, 0.29) is 16.5 Å². The van der Waals surface area contributed by atoms with Crippen molar-refractivity contribution in [3.8, 4) is 0 Å². The van der Waals surface area contributed by atoms with E-state index in [0.717, 1.165) is 22.3 Å². The first-order valence-corrected chi connectivity index (χ1v) is 19.3. The largest absolute Gasteiger partial charge is 0.478 e. The Labute approximate surface area is 298 Å². The minimum atomic E-state index is -3.29. The first-order valence-electron chi connectivity index (χ1n) is 15.1. The maximum atomic E-state index is 12.8. The fraction of sp³-hybridized carbons (Fsp3) is 0.211. The molecule has 1 atom stereocenters. The molecule has 0 radical (unpaired) electrons. The van der Waals surface area contributed by atoms with Crippen molar-refractivity contribution in [2.24, 2.45) is 0 Å². The van der Waals surface area contributed by atoms with Gasteiger partial charge in [0.25, 0.3) is 0 Å². The SMILES string of the molecule is CC1(C)OC(c2ccc(S(C)(=O)=O)cc2)=C(c2cccc(Cl)c2)C1=O.CS(=O)c1ccc(C2=C(c3cccc(Cl)c3)C(=O)C(C)(C)O2)cc1. The molecule has 0 bridgehead atoms. The molecule has 2 aliphatic rings. The Morgan fingerprint density at radius 2 is 1.00 bits per heavy atom. The fourth-order valence-corrected chi connectivity index (χ4v) is 6.91. The zero-order valence-corrected chi connectivity index (χ0v) is 30.8. The molecule has 7 nitrogen and oxygen atoms in total. The van der Waals surface area contributed by atoms with E-state index in [0.29, 0.717) is 43.8 Å². The van der Waals surface area contributed by atoms with E-state index >= 15 is 0 Å². The minimum Gasteiger partial charge on any atom is -0.478 e. The molecule has 0 aromatic heterocycles. The van der Waals surface area contributed by atoms with Gasteiger partial charge in [0.2, 0.25) is 11.6 Å². The van der Waals surface area contributed by atoms with Crippen LogP contribution in [0.25, 0.3) is 22.7 Å². The van der Waals surface area contributed by atoms with Crippen LogP contribution in [0.3, 0.4) is 0 Å². The van der Waals surface area contributed by atoms with Gasteiger partial charge in [-0.2, -0.15) is 0 Å². The highest BCUT2D eigenvalue weighted by Crippen LogP contribution is 2.43. The van der Waals surface area contributed by atoms with Crippen LogP contribution >= 0.6 is 23.2 Å². The summed E-state index contributed by atoms with van der Waals surface area (Å²) in [6, 6.07) is 27.7. The highest BCUT2D eigenvalue weighted by Gasteiger charge is 2.44. The Morgan fingerprint density at radius 3 is 1.35 bits per heavy atom. The van der Waals surface area contributed by atoms with E-state index in [9.17, 15) is 22.2 Å². The molecule has 0 amide bonds. The summed E-state index contributed by atoms with van der Waals surface area (Å²) in [5, 5.41) is 1.09. The summed E-state index contributed by atoms with van der Waals surface area (Å²) in [6.07, 6.45) is 2.78. The Hall–Kier alpha value is -4.02. The molecule has 0 spiro atoms. The van der Waals surface area contributed by atoms with Gasteiger partial charge in [0.15, 0.2) is 21.0 Å². The van der Waals surface area contributed by atoms with E-state index < -0.39 is 31.8 Å². The predicted octanol–water partition coefficient (Wildman–Crippen LogP) is 8.31. The van der Waals surface area contributed by atoms with Crippen LogP contribution in [0, 0.1) is 0 Å². The molecule has 0 saturated heterocycles. The normalized spacial score (nSPS) is 17.3. The first kappa shape index (κ1) is 36.3. The maximum absolute atomic E-state index is 12.8. The number of hydrogen-bond acceptors (Lipinski definition) is 7. The van der Waals surface area contributed by atoms with Crippen LogP contribution in [0.5, 0.6) is 0 Å². The van der Waals surface area contributed by atoms with Gasteiger partial charge in [0, 0.05) is 49.4 Å². The molecule has 4 aromatic carbocycles. The quantitative estimate of drug-likeness (QED) is 0.196. The van der Waals surface area contributed by atoms with Crippen molar-refractivity contribution in [1.82, 2.24) is 0 Å². The van der Waals surface area contributed by atoms with Crippen LogP contribution in [0.4, 0.5) is 0 Å². The van der Waals surface area contributed by atoms with Gasteiger partial charge in [-0.3, -0.25) is 13.8 Å². The van der Waals surface area contributed by atoms with Crippen LogP contribution in [-0.2, 0) is 39.7 Å². The van der Waals surface area contributed by atoms with Crippen LogP contribution in [0.15, 0.2) is 107 Å². The van der Waals surface area contributed by atoms with Crippen molar-refractivity contribution in [2.45, 2.75) is 48.7 Å². The molecule has 4 aromatic rings. The summed E-state index contributed by atoms with van der Waals surface area (Å²) in [4.78, 5) is 26.6. The van der Waals surface area contributed by atoms with Gasteiger partial charge in [-0.1, -0.05) is 59.6 Å². The Bertz CT molecular complexity index is 2160. The summed E-state index contributed by atoms with van der Waals surface area (Å²) in [7, 11) is -4.34. The molecule has 0 saturated carbocycles. The molecule has 2 aliphatic heterocycles. The summed E-state index contributed by atoms with van der Waals surface area (Å²) in [6.45, 7) is 6.92. The van der Waals surface area contributed by atoms with Crippen LogP contribution in [0.1, 0.15) is 49.9 Å². The lowest BCUT2D eigenvalue weighted by Crippen LogP contribution is -2.29. The highest BCUT2D eigenvalue weighted by molar-refractivity contribution is 7.90. The van der Waals surface area contributed by atoms with Crippen molar-refractivity contribution in [3.05, 3.63) is 129 Å². The fourth-order valence-electron chi connectivity index (χ4n) is 5.38. The standard InChI is InChI=1S/C19H17ClO4S.C19H17ClO3S/c1-19(2)18(21)16(13-5-4-6-14(20)11-13)17(24-19)12-7-9-15(10-8-12)25(3,22)23;1-19(2)18(21)16(13-5-4-6-14(20)11-13)17(23-19)12-7-9-15(10-8-12)24(3)22/h4-11H,1-3H3;4-11H,1-3H3. The van der Waals surface area contributed by atoms with Crippen molar-refractivity contribution < 1.29 is 31.7 Å². The third-order valence-electron chi connectivity index (χ3n) is 7.94. The molecule has 11 heteroatoms. The van der Waals surface area contributed by atoms with Gasteiger partial charge in [-0.25, -0.2) is 8.42 Å². The number of sulfone groups is 1.